The second kappa shape index (κ2) is 9.40. The number of benzene rings is 1. The van der Waals surface area contributed by atoms with E-state index in [-0.39, 0.29) is 23.2 Å². The molecule has 0 unspecified atom stereocenters. The highest BCUT2D eigenvalue weighted by molar-refractivity contribution is 7.91. The minimum atomic E-state index is -3.67. The summed E-state index contributed by atoms with van der Waals surface area (Å²) < 4.78 is 37.5. The van der Waals surface area contributed by atoms with E-state index in [0.717, 1.165) is 25.3 Å². The SMILES string of the molecule is CCCCCCN=C(N)NCCS(=O)(=O)c1ccccc1F. The van der Waals surface area contributed by atoms with Crippen LogP contribution in [0.2, 0.25) is 0 Å². The van der Waals surface area contributed by atoms with E-state index in [1.54, 1.807) is 0 Å². The normalized spacial score (nSPS) is 12.4. The summed E-state index contributed by atoms with van der Waals surface area (Å²) in [5.41, 5.74) is 5.66. The number of rotatable bonds is 9. The number of unbranched alkanes of at least 4 members (excludes halogenated alkanes) is 3. The highest BCUT2D eigenvalue weighted by Crippen LogP contribution is 2.14. The average Bonchev–Trinajstić information content (AvgIpc) is 2.47. The maximum Gasteiger partial charge on any atom is 0.188 e. The zero-order chi connectivity index (χ0) is 16.4. The van der Waals surface area contributed by atoms with Crippen molar-refractivity contribution in [3.8, 4) is 0 Å². The van der Waals surface area contributed by atoms with E-state index >= 15 is 0 Å². The quantitative estimate of drug-likeness (QED) is 0.413. The van der Waals surface area contributed by atoms with Gasteiger partial charge in [-0.3, -0.25) is 4.99 Å². The van der Waals surface area contributed by atoms with Crippen LogP contribution in [0.4, 0.5) is 4.39 Å². The summed E-state index contributed by atoms with van der Waals surface area (Å²) in [6.45, 7) is 2.86. The summed E-state index contributed by atoms with van der Waals surface area (Å²) in [7, 11) is -3.67. The van der Waals surface area contributed by atoms with Gasteiger partial charge >= 0.3 is 0 Å². The van der Waals surface area contributed by atoms with Crippen LogP contribution in [-0.2, 0) is 9.84 Å². The molecule has 0 radical (unpaired) electrons. The lowest BCUT2D eigenvalue weighted by Crippen LogP contribution is -2.35. The van der Waals surface area contributed by atoms with Crippen molar-refractivity contribution in [3.63, 3.8) is 0 Å². The maximum atomic E-state index is 13.5. The lowest BCUT2D eigenvalue weighted by molar-refractivity contribution is 0.566. The van der Waals surface area contributed by atoms with E-state index in [0.29, 0.717) is 6.54 Å². The lowest BCUT2D eigenvalue weighted by Gasteiger charge is -2.07. The van der Waals surface area contributed by atoms with Gasteiger partial charge in [0.05, 0.1) is 5.75 Å². The summed E-state index contributed by atoms with van der Waals surface area (Å²) in [5, 5.41) is 2.75. The van der Waals surface area contributed by atoms with Crippen LogP contribution in [0, 0.1) is 5.82 Å². The number of hydrogen-bond donors (Lipinski definition) is 2. The van der Waals surface area contributed by atoms with Gasteiger partial charge in [0.2, 0.25) is 0 Å². The van der Waals surface area contributed by atoms with E-state index in [2.05, 4.69) is 17.2 Å². The van der Waals surface area contributed by atoms with Gasteiger partial charge < -0.3 is 11.1 Å². The molecule has 3 N–H and O–H groups in total. The van der Waals surface area contributed by atoms with Crippen LogP contribution in [0.15, 0.2) is 34.2 Å². The van der Waals surface area contributed by atoms with Crippen LogP contribution in [0.5, 0.6) is 0 Å². The Balaban J connectivity index is 2.40. The minimum absolute atomic E-state index is 0.0982. The van der Waals surface area contributed by atoms with Crippen molar-refractivity contribution in [1.82, 2.24) is 5.32 Å². The second-order valence-corrected chi connectivity index (χ2v) is 7.08. The molecule has 0 atom stereocenters. The first-order valence-electron chi connectivity index (χ1n) is 7.48. The molecule has 1 aromatic carbocycles. The topological polar surface area (TPSA) is 84.5 Å². The highest BCUT2D eigenvalue weighted by atomic mass is 32.2. The van der Waals surface area contributed by atoms with Crippen LogP contribution >= 0.6 is 0 Å². The van der Waals surface area contributed by atoms with Crippen LogP contribution in [0.3, 0.4) is 0 Å². The lowest BCUT2D eigenvalue weighted by atomic mass is 10.2. The van der Waals surface area contributed by atoms with E-state index in [1.807, 2.05) is 0 Å². The first-order chi connectivity index (χ1) is 10.5. The zero-order valence-electron chi connectivity index (χ0n) is 12.9. The van der Waals surface area contributed by atoms with Gasteiger partial charge in [-0.25, -0.2) is 12.8 Å². The smallest absolute Gasteiger partial charge is 0.188 e. The summed E-state index contributed by atoms with van der Waals surface area (Å²) >= 11 is 0. The van der Waals surface area contributed by atoms with Gasteiger partial charge in [0.25, 0.3) is 0 Å². The molecule has 124 valence electrons. The Bertz CT molecular complexity index is 588. The van der Waals surface area contributed by atoms with Crippen molar-refractivity contribution in [2.24, 2.45) is 10.7 Å². The first kappa shape index (κ1) is 18.4. The van der Waals surface area contributed by atoms with Crippen molar-refractivity contribution >= 4 is 15.8 Å². The maximum absolute atomic E-state index is 13.5. The first-order valence-corrected chi connectivity index (χ1v) is 9.13. The summed E-state index contributed by atoms with van der Waals surface area (Å²) in [6.07, 6.45) is 4.40. The molecule has 0 amide bonds. The monoisotopic (exact) mass is 329 g/mol. The number of halogens is 1. The van der Waals surface area contributed by atoms with Gasteiger partial charge in [-0.05, 0) is 18.6 Å². The molecule has 0 spiro atoms. The third kappa shape index (κ3) is 6.43. The van der Waals surface area contributed by atoms with Crippen molar-refractivity contribution in [1.29, 1.82) is 0 Å². The Hall–Kier alpha value is -1.63. The number of sulfone groups is 1. The molecule has 0 aromatic heterocycles. The van der Waals surface area contributed by atoms with Crippen LogP contribution in [0.25, 0.3) is 0 Å². The van der Waals surface area contributed by atoms with Gasteiger partial charge in [-0.2, -0.15) is 0 Å². The molecular formula is C15H24FN3O2S. The molecule has 7 heteroatoms. The standard InChI is InChI=1S/C15H24FN3O2S/c1-2-3-4-7-10-18-15(17)19-11-12-22(20,21)14-9-6-5-8-13(14)16/h5-6,8-9H,2-4,7,10-12H2,1H3,(H3,17,18,19). The molecule has 0 aliphatic heterocycles. The molecule has 0 fully saturated rings. The Labute approximate surface area is 131 Å². The molecule has 1 aromatic rings. The molecule has 0 saturated heterocycles. The van der Waals surface area contributed by atoms with Gasteiger partial charge in [0, 0.05) is 13.1 Å². The van der Waals surface area contributed by atoms with E-state index in [4.69, 9.17) is 5.73 Å². The van der Waals surface area contributed by atoms with Crippen molar-refractivity contribution < 1.29 is 12.8 Å². The Morgan fingerprint density at radius 1 is 1.27 bits per heavy atom. The fourth-order valence-corrected chi connectivity index (χ4v) is 3.16. The fraction of sp³-hybridized carbons (Fsp3) is 0.533. The Kier molecular flexibility index (Phi) is 7.87. The molecule has 0 saturated carbocycles. The Morgan fingerprint density at radius 3 is 2.68 bits per heavy atom. The average molecular weight is 329 g/mol. The number of nitrogens with zero attached hydrogens (tertiary/aromatic N) is 1. The molecule has 22 heavy (non-hydrogen) atoms. The third-order valence-electron chi connectivity index (χ3n) is 3.14. The van der Waals surface area contributed by atoms with Crippen molar-refractivity contribution in [3.05, 3.63) is 30.1 Å². The minimum Gasteiger partial charge on any atom is -0.370 e. The van der Waals surface area contributed by atoms with Crippen LogP contribution in [0.1, 0.15) is 32.6 Å². The van der Waals surface area contributed by atoms with Crippen molar-refractivity contribution in [2.45, 2.75) is 37.5 Å². The number of nitrogens with one attached hydrogen (secondary N) is 1. The van der Waals surface area contributed by atoms with Gasteiger partial charge in [-0.1, -0.05) is 38.3 Å². The molecule has 0 bridgehead atoms. The predicted molar refractivity (Wildman–Crippen MR) is 87.1 cm³/mol. The molecule has 1 rings (SSSR count). The zero-order valence-corrected chi connectivity index (χ0v) is 13.7. The van der Waals surface area contributed by atoms with Crippen LogP contribution in [-0.4, -0.2) is 33.2 Å². The second-order valence-electron chi connectivity index (χ2n) is 5.00. The number of hydrogen-bond acceptors (Lipinski definition) is 3. The van der Waals surface area contributed by atoms with Gasteiger partial charge in [0.1, 0.15) is 10.7 Å². The molecule has 0 aliphatic rings. The predicted octanol–water partition coefficient (Wildman–Crippen LogP) is 2.08. The Morgan fingerprint density at radius 2 is 2.00 bits per heavy atom. The van der Waals surface area contributed by atoms with E-state index in [1.165, 1.54) is 24.6 Å². The number of nitrogens with two attached hydrogens (primary N) is 1. The molecular weight excluding hydrogens is 305 g/mol. The molecule has 0 aliphatic carbocycles. The molecule has 5 nitrogen and oxygen atoms in total. The van der Waals surface area contributed by atoms with Gasteiger partial charge in [-0.15, -0.1) is 0 Å². The van der Waals surface area contributed by atoms with Crippen molar-refractivity contribution in [2.75, 3.05) is 18.8 Å². The number of aliphatic imine (C=N–C) groups is 1. The van der Waals surface area contributed by atoms with E-state index in [9.17, 15) is 12.8 Å². The van der Waals surface area contributed by atoms with E-state index < -0.39 is 15.7 Å². The summed E-state index contributed by atoms with van der Waals surface area (Å²) in [4.78, 5) is 3.83. The molecule has 0 heterocycles. The summed E-state index contributed by atoms with van der Waals surface area (Å²) in [6, 6.07) is 5.34. The van der Waals surface area contributed by atoms with Crippen LogP contribution < -0.4 is 11.1 Å². The summed E-state index contributed by atoms with van der Waals surface area (Å²) in [5.74, 6) is -0.750. The largest absolute Gasteiger partial charge is 0.370 e. The highest BCUT2D eigenvalue weighted by Gasteiger charge is 2.18. The number of guanidine groups is 1. The fourth-order valence-electron chi connectivity index (χ4n) is 1.91. The third-order valence-corrected chi connectivity index (χ3v) is 4.89. The van der Waals surface area contributed by atoms with Gasteiger partial charge in [0.15, 0.2) is 15.8 Å².